The lowest BCUT2D eigenvalue weighted by molar-refractivity contribution is -0.142. The van der Waals surface area contributed by atoms with Crippen molar-refractivity contribution in [1.82, 2.24) is 19.7 Å². The van der Waals surface area contributed by atoms with Crippen LogP contribution in [0, 0.1) is 0 Å². The fourth-order valence-corrected chi connectivity index (χ4v) is 4.56. The zero-order valence-corrected chi connectivity index (χ0v) is 20.1. The van der Waals surface area contributed by atoms with Gasteiger partial charge in [-0.1, -0.05) is 0 Å². The molecule has 5 rings (SSSR count). The largest absolute Gasteiger partial charge is 0.449 e. The Hall–Kier alpha value is -3.74. The molecule has 13 heteroatoms. The second-order valence-corrected chi connectivity index (χ2v) is 9.66. The van der Waals surface area contributed by atoms with Crippen LogP contribution in [0.3, 0.4) is 0 Å². The van der Waals surface area contributed by atoms with Crippen molar-refractivity contribution in [1.29, 1.82) is 0 Å². The van der Waals surface area contributed by atoms with Gasteiger partial charge in [0.05, 0.1) is 17.8 Å². The maximum atomic E-state index is 14.1. The van der Waals surface area contributed by atoms with Gasteiger partial charge in [-0.15, -0.1) is 0 Å². The smallest absolute Gasteiger partial charge is 0.408 e. The Kier molecular flexibility index (Phi) is 6.05. The number of cyclic esters (lactones) is 1. The van der Waals surface area contributed by atoms with Gasteiger partial charge in [-0.25, -0.2) is 19.2 Å². The van der Waals surface area contributed by atoms with Crippen LogP contribution >= 0.6 is 0 Å². The van der Waals surface area contributed by atoms with E-state index in [0.717, 1.165) is 4.68 Å². The molecule has 2 aliphatic heterocycles. The number of anilines is 3. The summed E-state index contributed by atoms with van der Waals surface area (Å²) >= 11 is 0. The molecule has 3 aromatic rings. The normalized spacial score (nSPS) is 21.1. The fraction of sp³-hybridized carbons (Fsp3) is 0.417. The van der Waals surface area contributed by atoms with Crippen LogP contribution in [0.5, 0.6) is 0 Å². The number of esters is 1. The van der Waals surface area contributed by atoms with E-state index in [-0.39, 0.29) is 13.0 Å². The van der Waals surface area contributed by atoms with Gasteiger partial charge in [-0.05, 0) is 32.4 Å². The molecule has 0 bridgehead atoms. The monoisotopic (exact) mass is 519 g/mol. The molecule has 37 heavy (non-hydrogen) atoms. The van der Waals surface area contributed by atoms with Crippen molar-refractivity contribution in [2.75, 3.05) is 23.3 Å². The molecule has 0 amide bonds. The molecule has 0 aromatic carbocycles. The molecule has 196 valence electrons. The van der Waals surface area contributed by atoms with Crippen molar-refractivity contribution < 1.29 is 27.1 Å². The van der Waals surface area contributed by atoms with E-state index in [1.165, 1.54) is 18.6 Å². The van der Waals surface area contributed by atoms with Gasteiger partial charge in [-0.3, -0.25) is 4.68 Å². The molecule has 0 spiro atoms. The third-order valence-corrected chi connectivity index (χ3v) is 6.37. The Bertz CT molecular complexity index is 1340. The lowest BCUT2D eigenvalue weighted by atomic mass is 10.0. The molecular formula is C24H25F4N7O2. The maximum Gasteiger partial charge on any atom is 0.408 e. The number of pyridine rings is 2. The summed E-state index contributed by atoms with van der Waals surface area (Å²) in [6.07, 6.45) is -1.19. The number of fused-ring (bicyclic) bond motifs is 1. The number of nitrogens with two attached hydrogens (primary N) is 1. The molecule has 0 radical (unpaired) electrons. The van der Waals surface area contributed by atoms with Crippen LogP contribution < -0.4 is 16.0 Å². The number of rotatable bonds is 5. The Labute approximate surface area is 209 Å². The van der Waals surface area contributed by atoms with E-state index in [1.807, 2.05) is 4.90 Å². The molecule has 2 aliphatic rings. The molecule has 5 heterocycles. The molecule has 3 aromatic heterocycles. The van der Waals surface area contributed by atoms with Gasteiger partial charge in [0.25, 0.3) is 0 Å². The first kappa shape index (κ1) is 24.9. The van der Waals surface area contributed by atoms with Crippen molar-refractivity contribution in [2.45, 2.75) is 50.8 Å². The summed E-state index contributed by atoms with van der Waals surface area (Å²) in [5.74, 6) is 0.379. The Morgan fingerprint density at radius 1 is 1.22 bits per heavy atom. The molecule has 9 nitrogen and oxygen atoms in total. The standard InChI is InChI=1S/C24H25F4N7O2/c1-23(2)21-14(22(36)37-23)3-4-19(33-21)32-20-7-18(34-6-5-16(25)17(29)11-34)15(9-30-20)13-8-31-35(10-13)12-24(26,27)28/h3-4,7-10,16-17H,5-6,11-12,29H2,1-2H3,(H,30,32,33)/t16-,17-/m1/s1. The predicted molar refractivity (Wildman–Crippen MR) is 127 cm³/mol. The van der Waals surface area contributed by atoms with Gasteiger partial charge in [-0.2, -0.15) is 18.3 Å². The minimum atomic E-state index is -4.42. The van der Waals surface area contributed by atoms with Crippen LogP contribution in [0.25, 0.3) is 11.1 Å². The van der Waals surface area contributed by atoms with Crippen molar-refractivity contribution >= 4 is 23.3 Å². The van der Waals surface area contributed by atoms with Crippen molar-refractivity contribution in [3.63, 3.8) is 0 Å². The van der Waals surface area contributed by atoms with Gasteiger partial charge in [0.15, 0.2) is 0 Å². The Morgan fingerprint density at radius 3 is 2.73 bits per heavy atom. The summed E-state index contributed by atoms with van der Waals surface area (Å²) in [6, 6.07) is 4.25. The van der Waals surface area contributed by atoms with E-state index in [9.17, 15) is 22.4 Å². The minimum absolute atomic E-state index is 0.217. The number of hydrogen-bond donors (Lipinski definition) is 2. The molecule has 0 saturated carbocycles. The average molecular weight is 520 g/mol. The van der Waals surface area contributed by atoms with Gasteiger partial charge in [0, 0.05) is 48.4 Å². The van der Waals surface area contributed by atoms with Crippen LogP contribution in [0.15, 0.2) is 36.8 Å². The molecule has 1 saturated heterocycles. The highest BCUT2D eigenvalue weighted by molar-refractivity contribution is 5.94. The summed E-state index contributed by atoms with van der Waals surface area (Å²) in [6.45, 7) is 2.86. The van der Waals surface area contributed by atoms with Crippen LogP contribution in [0.4, 0.5) is 34.9 Å². The first-order valence-electron chi connectivity index (χ1n) is 11.7. The number of carbonyl (C=O) groups excluding carboxylic acids is 1. The number of piperidine rings is 1. The quantitative estimate of drug-likeness (QED) is 0.386. The topological polar surface area (TPSA) is 111 Å². The summed E-state index contributed by atoms with van der Waals surface area (Å²) in [5, 5.41) is 6.95. The minimum Gasteiger partial charge on any atom is -0.449 e. The third kappa shape index (κ3) is 5.08. The van der Waals surface area contributed by atoms with Crippen molar-refractivity contribution in [2.24, 2.45) is 5.73 Å². The number of nitrogens with zero attached hydrogens (tertiary/aromatic N) is 5. The van der Waals surface area contributed by atoms with Gasteiger partial charge >= 0.3 is 12.1 Å². The number of carbonyl (C=O) groups is 1. The second-order valence-electron chi connectivity index (χ2n) is 9.66. The first-order chi connectivity index (χ1) is 17.4. The Balaban J connectivity index is 1.49. The van der Waals surface area contributed by atoms with Gasteiger partial charge in [0.2, 0.25) is 0 Å². The van der Waals surface area contributed by atoms with E-state index in [1.54, 1.807) is 32.0 Å². The summed E-state index contributed by atoms with van der Waals surface area (Å²) in [4.78, 5) is 22.9. The van der Waals surface area contributed by atoms with Crippen LogP contribution in [0.1, 0.15) is 36.3 Å². The Morgan fingerprint density at radius 2 is 2.00 bits per heavy atom. The molecule has 0 aliphatic carbocycles. The predicted octanol–water partition coefficient (Wildman–Crippen LogP) is 3.93. The summed E-state index contributed by atoms with van der Waals surface area (Å²) < 4.78 is 58.8. The van der Waals surface area contributed by atoms with Gasteiger partial charge < -0.3 is 20.7 Å². The van der Waals surface area contributed by atoms with E-state index in [4.69, 9.17) is 10.5 Å². The number of nitrogens with one attached hydrogen (secondary N) is 1. The highest BCUT2D eigenvalue weighted by atomic mass is 19.4. The van der Waals surface area contributed by atoms with E-state index >= 15 is 0 Å². The van der Waals surface area contributed by atoms with Crippen LogP contribution in [0.2, 0.25) is 0 Å². The highest BCUT2D eigenvalue weighted by Gasteiger charge is 2.39. The van der Waals surface area contributed by atoms with Crippen LogP contribution in [-0.2, 0) is 16.9 Å². The average Bonchev–Trinajstić information content (AvgIpc) is 3.35. The second kappa shape index (κ2) is 8.98. The van der Waals surface area contributed by atoms with E-state index in [0.29, 0.717) is 46.3 Å². The molecule has 0 unspecified atom stereocenters. The van der Waals surface area contributed by atoms with Crippen molar-refractivity contribution in [3.05, 3.63) is 48.0 Å². The zero-order valence-electron chi connectivity index (χ0n) is 20.1. The van der Waals surface area contributed by atoms with Crippen molar-refractivity contribution in [3.8, 4) is 11.1 Å². The molecular weight excluding hydrogens is 494 g/mol. The number of alkyl halides is 4. The van der Waals surface area contributed by atoms with Gasteiger partial charge in [0.1, 0.15) is 35.6 Å². The summed E-state index contributed by atoms with van der Waals surface area (Å²) in [7, 11) is 0. The molecule has 3 N–H and O–H groups in total. The third-order valence-electron chi connectivity index (χ3n) is 6.37. The zero-order chi connectivity index (χ0) is 26.5. The summed E-state index contributed by atoms with van der Waals surface area (Å²) in [5.41, 5.74) is 7.56. The van der Waals surface area contributed by atoms with Crippen LogP contribution in [-0.4, -0.2) is 57.2 Å². The SMILES string of the molecule is CC1(C)OC(=O)c2ccc(Nc3cc(N4CC[C@@H](F)[C@H](N)C4)c(-c4cnn(CC(F)(F)F)c4)cn3)nc21. The number of hydrogen-bond acceptors (Lipinski definition) is 8. The number of aromatic nitrogens is 4. The maximum absolute atomic E-state index is 14.1. The lowest BCUT2D eigenvalue weighted by Gasteiger charge is -2.35. The van der Waals surface area contributed by atoms with E-state index < -0.39 is 36.5 Å². The molecule has 1 fully saturated rings. The van der Waals surface area contributed by atoms with E-state index in [2.05, 4.69) is 20.4 Å². The first-order valence-corrected chi connectivity index (χ1v) is 11.7. The number of halogens is 4. The lowest BCUT2D eigenvalue weighted by Crippen LogP contribution is -2.49. The molecule has 2 atom stereocenters. The fourth-order valence-electron chi connectivity index (χ4n) is 4.56. The number of ether oxygens (including phenoxy) is 1. The highest BCUT2D eigenvalue weighted by Crippen LogP contribution is 2.37.